The molecular weight excluding hydrogens is 132 g/mol. The standard InChI is InChI=1S/C11H20/c1-9-6-7-11(8-9)10-4-2-3-5-10/h9-11H,2-8H2,1H3. The molecule has 0 aromatic carbocycles. The van der Waals surface area contributed by atoms with Crippen LogP contribution in [0.1, 0.15) is 51.9 Å². The van der Waals surface area contributed by atoms with E-state index in [1.165, 1.54) is 19.3 Å². The van der Waals surface area contributed by atoms with Crippen LogP contribution in [0.5, 0.6) is 0 Å². The van der Waals surface area contributed by atoms with E-state index in [1.807, 2.05) is 0 Å². The van der Waals surface area contributed by atoms with Gasteiger partial charge in [0.1, 0.15) is 0 Å². The van der Waals surface area contributed by atoms with Gasteiger partial charge in [0, 0.05) is 0 Å². The molecule has 0 N–H and O–H groups in total. The van der Waals surface area contributed by atoms with E-state index in [9.17, 15) is 0 Å². The lowest BCUT2D eigenvalue weighted by molar-refractivity contribution is 0.338. The highest BCUT2D eigenvalue weighted by Gasteiger charge is 2.30. The molecule has 2 fully saturated rings. The third-order valence-electron chi connectivity index (χ3n) is 3.80. The van der Waals surface area contributed by atoms with Crippen LogP contribution >= 0.6 is 0 Å². The van der Waals surface area contributed by atoms with Crippen molar-refractivity contribution in [2.75, 3.05) is 0 Å². The first-order valence-electron chi connectivity index (χ1n) is 5.36. The molecule has 2 aliphatic carbocycles. The summed E-state index contributed by atoms with van der Waals surface area (Å²) in [6, 6.07) is 0. The van der Waals surface area contributed by atoms with Crippen molar-refractivity contribution >= 4 is 0 Å². The first-order chi connectivity index (χ1) is 5.36. The van der Waals surface area contributed by atoms with E-state index in [1.54, 1.807) is 25.7 Å². The lowest BCUT2D eigenvalue weighted by Gasteiger charge is -2.16. The summed E-state index contributed by atoms with van der Waals surface area (Å²) in [5.74, 6) is 3.31. The lowest BCUT2D eigenvalue weighted by atomic mass is 9.89. The van der Waals surface area contributed by atoms with E-state index in [0.29, 0.717) is 0 Å². The first kappa shape index (κ1) is 7.64. The van der Waals surface area contributed by atoms with E-state index in [2.05, 4.69) is 6.92 Å². The lowest BCUT2D eigenvalue weighted by Crippen LogP contribution is -2.07. The van der Waals surface area contributed by atoms with Gasteiger partial charge in [0.25, 0.3) is 0 Å². The second-order valence-electron chi connectivity index (χ2n) is 4.72. The van der Waals surface area contributed by atoms with Gasteiger partial charge in [0.2, 0.25) is 0 Å². The molecule has 0 heteroatoms. The number of hydrogen-bond donors (Lipinski definition) is 0. The predicted molar refractivity (Wildman–Crippen MR) is 48.5 cm³/mol. The molecule has 0 saturated heterocycles. The molecule has 0 aromatic rings. The third kappa shape index (κ3) is 1.60. The summed E-state index contributed by atoms with van der Waals surface area (Å²) in [6.07, 6.45) is 10.8. The largest absolute Gasteiger partial charge is 0.0625 e. The molecule has 2 rings (SSSR count). The Morgan fingerprint density at radius 3 is 2.09 bits per heavy atom. The van der Waals surface area contributed by atoms with Gasteiger partial charge < -0.3 is 0 Å². The summed E-state index contributed by atoms with van der Waals surface area (Å²) >= 11 is 0. The third-order valence-corrected chi connectivity index (χ3v) is 3.80. The van der Waals surface area contributed by atoms with Gasteiger partial charge in [0.05, 0.1) is 0 Å². The highest BCUT2D eigenvalue weighted by molar-refractivity contribution is 4.81. The Labute approximate surface area is 70.4 Å². The molecule has 0 aromatic heterocycles. The summed E-state index contributed by atoms with van der Waals surface area (Å²) < 4.78 is 0. The molecule has 2 atom stereocenters. The summed E-state index contributed by atoms with van der Waals surface area (Å²) in [4.78, 5) is 0. The monoisotopic (exact) mass is 152 g/mol. The van der Waals surface area contributed by atoms with Gasteiger partial charge in [-0.25, -0.2) is 0 Å². The molecule has 0 nitrogen and oxygen atoms in total. The number of hydrogen-bond acceptors (Lipinski definition) is 0. The molecule has 0 radical (unpaired) electrons. The Bertz CT molecular complexity index is 122. The molecule has 0 aliphatic heterocycles. The van der Waals surface area contributed by atoms with E-state index in [0.717, 1.165) is 17.8 Å². The van der Waals surface area contributed by atoms with Crippen LogP contribution in [0.25, 0.3) is 0 Å². The predicted octanol–water partition coefficient (Wildman–Crippen LogP) is 3.61. The van der Waals surface area contributed by atoms with Gasteiger partial charge in [-0.05, 0) is 30.6 Å². The smallest absolute Gasteiger partial charge is 0.0383 e. The van der Waals surface area contributed by atoms with Crippen LogP contribution in [0.2, 0.25) is 0 Å². The van der Waals surface area contributed by atoms with Crippen molar-refractivity contribution in [1.29, 1.82) is 0 Å². The van der Waals surface area contributed by atoms with Crippen LogP contribution in [-0.2, 0) is 0 Å². The topological polar surface area (TPSA) is 0 Å². The molecule has 11 heavy (non-hydrogen) atoms. The maximum atomic E-state index is 2.43. The van der Waals surface area contributed by atoms with Gasteiger partial charge >= 0.3 is 0 Å². The van der Waals surface area contributed by atoms with Crippen molar-refractivity contribution < 1.29 is 0 Å². The minimum absolute atomic E-state index is 1.04. The van der Waals surface area contributed by atoms with Crippen LogP contribution in [-0.4, -0.2) is 0 Å². The van der Waals surface area contributed by atoms with E-state index in [-0.39, 0.29) is 0 Å². The molecule has 0 spiro atoms. The molecule has 64 valence electrons. The zero-order valence-electron chi connectivity index (χ0n) is 7.68. The average Bonchev–Trinajstić information content (AvgIpc) is 2.55. The fourth-order valence-corrected chi connectivity index (χ4v) is 3.11. The van der Waals surface area contributed by atoms with Gasteiger partial charge in [-0.15, -0.1) is 0 Å². The first-order valence-corrected chi connectivity index (χ1v) is 5.36. The SMILES string of the molecule is CC1CCC(C2CCCC2)C1. The highest BCUT2D eigenvalue weighted by atomic mass is 14.4. The molecule has 0 bridgehead atoms. The maximum absolute atomic E-state index is 2.43. The Morgan fingerprint density at radius 2 is 1.55 bits per heavy atom. The normalized spacial score (nSPS) is 40.1. The molecule has 0 amide bonds. The van der Waals surface area contributed by atoms with Gasteiger partial charge in [-0.3, -0.25) is 0 Å². The highest BCUT2D eigenvalue weighted by Crippen LogP contribution is 2.42. The minimum Gasteiger partial charge on any atom is -0.0625 e. The molecule has 2 saturated carbocycles. The van der Waals surface area contributed by atoms with Crippen LogP contribution in [0.4, 0.5) is 0 Å². The molecule has 2 aliphatic rings. The maximum Gasteiger partial charge on any atom is -0.0383 e. The van der Waals surface area contributed by atoms with Crippen LogP contribution < -0.4 is 0 Å². The van der Waals surface area contributed by atoms with E-state index in [4.69, 9.17) is 0 Å². The summed E-state index contributed by atoms with van der Waals surface area (Å²) in [5, 5.41) is 0. The summed E-state index contributed by atoms with van der Waals surface area (Å²) in [6.45, 7) is 2.43. The molecule has 0 heterocycles. The second-order valence-corrected chi connectivity index (χ2v) is 4.72. The fourth-order valence-electron chi connectivity index (χ4n) is 3.11. The van der Waals surface area contributed by atoms with Gasteiger partial charge in [-0.2, -0.15) is 0 Å². The van der Waals surface area contributed by atoms with Crippen LogP contribution in [0.15, 0.2) is 0 Å². The van der Waals surface area contributed by atoms with Crippen molar-refractivity contribution in [2.45, 2.75) is 51.9 Å². The van der Waals surface area contributed by atoms with E-state index >= 15 is 0 Å². The van der Waals surface area contributed by atoms with Crippen molar-refractivity contribution in [1.82, 2.24) is 0 Å². The Balaban J connectivity index is 1.85. The van der Waals surface area contributed by atoms with Crippen molar-refractivity contribution in [2.24, 2.45) is 17.8 Å². The second kappa shape index (κ2) is 3.16. The van der Waals surface area contributed by atoms with Crippen molar-refractivity contribution in [3.8, 4) is 0 Å². The summed E-state index contributed by atoms with van der Waals surface area (Å²) in [5.41, 5.74) is 0. The molecular formula is C11H20. The summed E-state index contributed by atoms with van der Waals surface area (Å²) in [7, 11) is 0. The van der Waals surface area contributed by atoms with Gasteiger partial charge in [-0.1, -0.05) is 39.0 Å². The number of rotatable bonds is 1. The quantitative estimate of drug-likeness (QED) is 0.538. The minimum atomic E-state index is 1.04. The average molecular weight is 152 g/mol. The van der Waals surface area contributed by atoms with E-state index < -0.39 is 0 Å². The Hall–Kier alpha value is 0. The Kier molecular flexibility index (Phi) is 2.20. The zero-order chi connectivity index (χ0) is 7.68. The van der Waals surface area contributed by atoms with Crippen molar-refractivity contribution in [3.05, 3.63) is 0 Å². The van der Waals surface area contributed by atoms with Crippen molar-refractivity contribution in [3.63, 3.8) is 0 Å². The van der Waals surface area contributed by atoms with Gasteiger partial charge in [0.15, 0.2) is 0 Å². The molecule has 2 unspecified atom stereocenters. The Morgan fingerprint density at radius 1 is 0.818 bits per heavy atom. The fraction of sp³-hybridized carbons (Fsp3) is 1.00. The van der Waals surface area contributed by atoms with Crippen LogP contribution in [0.3, 0.4) is 0 Å². The van der Waals surface area contributed by atoms with Crippen LogP contribution in [0, 0.1) is 17.8 Å². The zero-order valence-corrected chi connectivity index (χ0v) is 7.68.